The van der Waals surface area contributed by atoms with Gasteiger partial charge in [-0.3, -0.25) is 14.3 Å². The van der Waals surface area contributed by atoms with Crippen molar-refractivity contribution in [2.45, 2.75) is 32.1 Å². The molecule has 0 radical (unpaired) electrons. The van der Waals surface area contributed by atoms with Crippen molar-refractivity contribution in [3.63, 3.8) is 0 Å². The summed E-state index contributed by atoms with van der Waals surface area (Å²) in [6.45, 7) is 3.76. The maximum absolute atomic E-state index is 13.8. The predicted molar refractivity (Wildman–Crippen MR) is 118 cm³/mol. The number of amides is 2. The van der Waals surface area contributed by atoms with Crippen LogP contribution in [-0.2, 0) is 29.4 Å². The number of carbonyl (C=O) groups is 2. The summed E-state index contributed by atoms with van der Waals surface area (Å²) in [7, 11) is 1.84. The van der Waals surface area contributed by atoms with Crippen molar-refractivity contribution in [2.24, 2.45) is 13.0 Å². The van der Waals surface area contributed by atoms with E-state index in [1.165, 1.54) is 6.07 Å². The van der Waals surface area contributed by atoms with Gasteiger partial charge >= 0.3 is 0 Å². The Bertz CT molecular complexity index is 946. The van der Waals surface area contributed by atoms with E-state index in [4.69, 9.17) is 4.74 Å². The Balaban J connectivity index is 1.29. The number of halogens is 1. The average Bonchev–Trinajstić information content (AvgIpc) is 3.18. The summed E-state index contributed by atoms with van der Waals surface area (Å²) in [4.78, 5) is 29.3. The van der Waals surface area contributed by atoms with Crippen LogP contribution in [0.1, 0.15) is 40.9 Å². The van der Waals surface area contributed by atoms with Gasteiger partial charge in [0.1, 0.15) is 5.82 Å². The number of nitrogens with zero attached hydrogens (tertiary/aromatic N) is 4. The molecule has 2 saturated heterocycles. The second-order valence-electron chi connectivity index (χ2n) is 8.69. The number of morpholine rings is 1. The smallest absolute Gasteiger partial charge is 0.257 e. The van der Waals surface area contributed by atoms with Crippen LogP contribution in [0.3, 0.4) is 0 Å². The minimum atomic E-state index is -0.253. The summed E-state index contributed by atoms with van der Waals surface area (Å²) in [6, 6.07) is 6.62. The second kappa shape index (κ2) is 10.3. The molecule has 8 heteroatoms. The lowest BCUT2D eigenvalue weighted by Crippen LogP contribution is -2.41. The molecule has 0 bridgehead atoms. The highest BCUT2D eigenvalue weighted by Gasteiger charge is 2.27. The fourth-order valence-corrected chi connectivity index (χ4v) is 4.56. The predicted octanol–water partition coefficient (Wildman–Crippen LogP) is 2.45. The Morgan fingerprint density at radius 1 is 1.09 bits per heavy atom. The lowest BCUT2D eigenvalue weighted by molar-refractivity contribution is -0.132. The fourth-order valence-electron chi connectivity index (χ4n) is 4.56. The van der Waals surface area contributed by atoms with Crippen LogP contribution in [0.15, 0.2) is 30.5 Å². The zero-order valence-electron chi connectivity index (χ0n) is 18.6. The molecule has 0 atom stereocenters. The molecule has 0 saturated carbocycles. The summed E-state index contributed by atoms with van der Waals surface area (Å²) in [5, 5.41) is 4.57. The highest BCUT2D eigenvalue weighted by atomic mass is 19.1. The Hall–Kier alpha value is -2.74. The van der Waals surface area contributed by atoms with E-state index < -0.39 is 0 Å². The summed E-state index contributed by atoms with van der Waals surface area (Å²) in [5.41, 5.74) is 2.11. The maximum Gasteiger partial charge on any atom is 0.257 e. The number of carbonyl (C=O) groups excluding carboxylic acids is 2. The van der Waals surface area contributed by atoms with Gasteiger partial charge in [-0.1, -0.05) is 18.2 Å². The van der Waals surface area contributed by atoms with Crippen LogP contribution in [-0.4, -0.2) is 70.8 Å². The third kappa shape index (κ3) is 5.35. The van der Waals surface area contributed by atoms with Crippen LogP contribution < -0.4 is 0 Å². The second-order valence-corrected chi connectivity index (χ2v) is 8.69. The average molecular weight is 443 g/mol. The zero-order chi connectivity index (χ0) is 22.5. The van der Waals surface area contributed by atoms with Crippen molar-refractivity contribution < 1.29 is 18.7 Å². The quantitative estimate of drug-likeness (QED) is 0.689. The molecule has 1 aromatic heterocycles. The van der Waals surface area contributed by atoms with Gasteiger partial charge in [0.15, 0.2) is 0 Å². The SMILES string of the molecule is Cn1cc(C(=O)N2CCOCC2)c(CC2CCN(C(=O)CCc3ccccc3F)CC2)n1. The van der Waals surface area contributed by atoms with Crippen LogP contribution in [0.4, 0.5) is 4.39 Å². The number of likely N-dealkylation sites (tertiary alicyclic amines) is 1. The van der Waals surface area contributed by atoms with Crippen molar-refractivity contribution >= 4 is 11.8 Å². The molecule has 3 heterocycles. The lowest BCUT2D eigenvalue weighted by Gasteiger charge is -2.32. The van der Waals surface area contributed by atoms with Gasteiger partial charge in [0, 0.05) is 45.8 Å². The van der Waals surface area contributed by atoms with Crippen molar-refractivity contribution in [3.8, 4) is 0 Å². The Morgan fingerprint density at radius 2 is 1.81 bits per heavy atom. The molecule has 0 spiro atoms. The topological polar surface area (TPSA) is 67.7 Å². The fraction of sp³-hybridized carbons (Fsp3) is 0.542. The highest BCUT2D eigenvalue weighted by molar-refractivity contribution is 5.95. The van der Waals surface area contributed by atoms with E-state index in [2.05, 4.69) is 5.10 Å². The standard InChI is InChI=1S/C24H31FN4O3/c1-27-17-20(24(31)29-12-14-32-15-13-29)22(26-27)16-18-8-10-28(11-9-18)23(30)7-6-19-4-2-3-5-21(19)25/h2-5,17-18H,6-16H2,1H3. The van der Waals surface area contributed by atoms with E-state index in [1.807, 2.05) is 23.0 Å². The first-order valence-electron chi connectivity index (χ1n) is 11.4. The van der Waals surface area contributed by atoms with Gasteiger partial charge < -0.3 is 14.5 Å². The van der Waals surface area contributed by atoms with Crippen LogP contribution in [0.2, 0.25) is 0 Å². The molecule has 2 aromatic rings. The summed E-state index contributed by atoms with van der Waals surface area (Å²) >= 11 is 0. The molecule has 4 rings (SSSR count). The molecular weight excluding hydrogens is 411 g/mol. The maximum atomic E-state index is 13.8. The zero-order valence-corrected chi connectivity index (χ0v) is 18.6. The number of ether oxygens (including phenoxy) is 1. The third-order valence-corrected chi connectivity index (χ3v) is 6.45. The van der Waals surface area contributed by atoms with E-state index in [-0.39, 0.29) is 17.6 Å². The van der Waals surface area contributed by atoms with Crippen LogP contribution in [0.5, 0.6) is 0 Å². The normalized spacial score (nSPS) is 17.6. The Morgan fingerprint density at radius 3 is 2.53 bits per heavy atom. The molecule has 1 aromatic carbocycles. The van der Waals surface area contributed by atoms with E-state index in [9.17, 15) is 14.0 Å². The van der Waals surface area contributed by atoms with Gasteiger partial charge in [0.25, 0.3) is 5.91 Å². The molecule has 0 N–H and O–H groups in total. The molecule has 2 amide bonds. The van der Waals surface area contributed by atoms with Crippen molar-refractivity contribution in [1.82, 2.24) is 19.6 Å². The molecule has 2 aliphatic heterocycles. The van der Waals surface area contributed by atoms with E-state index in [0.717, 1.165) is 25.0 Å². The van der Waals surface area contributed by atoms with Gasteiger partial charge in [-0.2, -0.15) is 5.10 Å². The number of aromatic nitrogens is 2. The number of hydrogen-bond donors (Lipinski definition) is 0. The largest absolute Gasteiger partial charge is 0.378 e. The van der Waals surface area contributed by atoms with Crippen molar-refractivity contribution in [2.75, 3.05) is 39.4 Å². The highest BCUT2D eigenvalue weighted by Crippen LogP contribution is 2.24. The van der Waals surface area contributed by atoms with Gasteiger partial charge in [-0.25, -0.2) is 4.39 Å². The number of hydrogen-bond acceptors (Lipinski definition) is 4. The molecule has 0 aliphatic carbocycles. The first-order valence-corrected chi connectivity index (χ1v) is 11.4. The van der Waals surface area contributed by atoms with Crippen LogP contribution in [0.25, 0.3) is 0 Å². The van der Waals surface area contributed by atoms with E-state index in [0.29, 0.717) is 69.3 Å². The number of rotatable bonds is 6. The summed E-state index contributed by atoms with van der Waals surface area (Å²) in [6.07, 6.45) is 5.06. The molecule has 2 fully saturated rings. The lowest BCUT2D eigenvalue weighted by atomic mass is 9.90. The van der Waals surface area contributed by atoms with E-state index >= 15 is 0 Å². The Kier molecular flexibility index (Phi) is 7.19. The van der Waals surface area contributed by atoms with Gasteiger partial charge in [0.05, 0.1) is 24.5 Å². The Labute approximate surface area is 188 Å². The van der Waals surface area contributed by atoms with Crippen LogP contribution >= 0.6 is 0 Å². The summed E-state index contributed by atoms with van der Waals surface area (Å²) in [5.74, 6) is 0.235. The molecular formula is C24H31FN4O3. The number of benzene rings is 1. The van der Waals surface area contributed by atoms with Crippen LogP contribution in [0, 0.1) is 11.7 Å². The molecule has 7 nitrogen and oxygen atoms in total. The minimum absolute atomic E-state index is 0.0251. The van der Waals surface area contributed by atoms with Crippen molar-refractivity contribution in [3.05, 3.63) is 53.1 Å². The monoisotopic (exact) mass is 442 g/mol. The first-order chi connectivity index (χ1) is 15.5. The molecule has 172 valence electrons. The molecule has 2 aliphatic rings. The third-order valence-electron chi connectivity index (χ3n) is 6.45. The van der Waals surface area contributed by atoms with Crippen molar-refractivity contribution in [1.29, 1.82) is 0 Å². The molecule has 32 heavy (non-hydrogen) atoms. The van der Waals surface area contributed by atoms with Gasteiger partial charge in [0.2, 0.25) is 5.91 Å². The van der Waals surface area contributed by atoms with Gasteiger partial charge in [-0.15, -0.1) is 0 Å². The number of aryl methyl sites for hydroxylation is 2. The number of piperidine rings is 1. The first kappa shape index (κ1) is 22.5. The van der Waals surface area contributed by atoms with Gasteiger partial charge in [-0.05, 0) is 43.2 Å². The van der Waals surface area contributed by atoms with E-state index in [1.54, 1.807) is 22.9 Å². The summed E-state index contributed by atoms with van der Waals surface area (Å²) < 4.78 is 20.9. The molecule has 0 unspecified atom stereocenters. The minimum Gasteiger partial charge on any atom is -0.378 e.